The van der Waals surface area contributed by atoms with Crippen LogP contribution in [0.3, 0.4) is 0 Å². The molecule has 1 atom stereocenters. The average Bonchev–Trinajstić information content (AvgIpc) is 2.37. The number of sulfone groups is 1. The molecule has 1 unspecified atom stereocenters. The molecule has 0 amide bonds. The van der Waals surface area contributed by atoms with Gasteiger partial charge in [0.1, 0.15) is 9.84 Å². The molecule has 20 heavy (non-hydrogen) atoms. The van der Waals surface area contributed by atoms with Gasteiger partial charge in [0.2, 0.25) is 0 Å². The fourth-order valence-corrected chi connectivity index (χ4v) is 4.03. The van der Waals surface area contributed by atoms with E-state index in [1.54, 1.807) is 11.8 Å². The second-order valence-electron chi connectivity index (χ2n) is 4.84. The molecule has 0 spiro atoms. The number of rotatable bonds is 9. The van der Waals surface area contributed by atoms with Crippen LogP contribution in [0.1, 0.15) is 19.8 Å². The van der Waals surface area contributed by atoms with Gasteiger partial charge in [-0.3, -0.25) is 0 Å². The Morgan fingerprint density at radius 3 is 2.75 bits per heavy atom. The van der Waals surface area contributed by atoms with Crippen LogP contribution in [0.15, 0.2) is 33.6 Å². The summed E-state index contributed by atoms with van der Waals surface area (Å²) in [7, 11) is -2.89. The van der Waals surface area contributed by atoms with Gasteiger partial charge >= 0.3 is 0 Å². The minimum Gasteiger partial charge on any atom is -0.313 e. The standard InChI is InChI=1S/C14H22BrNO2S2/c1-3-8-16-13(7-9-20(2,17)18)11-19-14-6-4-5-12(15)10-14/h4-6,10,13,16H,3,7-9,11H2,1-2H3. The van der Waals surface area contributed by atoms with Crippen LogP contribution in [-0.4, -0.2) is 38.8 Å². The number of halogens is 1. The SMILES string of the molecule is CCCNC(CCS(C)(=O)=O)CSc1cccc(Br)c1. The van der Waals surface area contributed by atoms with Gasteiger partial charge in [-0.2, -0.15) is 0 Å². The van der Waals surface area contributed by atoms with Gasteiger partial charge in [0.25, 0.3) is 0 Å². The van der Waals surface area contributed by atoms with E-state index in [1.165, 1.54) is 11.2 Å². The molecule has 1 aromatic carbocycles. The van der Waals surface area contributed by atoms with Crippen LogP contribution >= 0.6 is 27.7 Å². The molecule has 1 rings (SSSR count). The van der Waals surface area contributed by atoms with E-state index < -0.39 is 9.84 Å². The maximum absolute atomic E-state index is 11.3. The predicted molar refractivity (Wildman–Crippen MR) is 91.3 cm³/mol. The highest BCUT2D eigenvalue weighted by molar-refractivity contribution is 9.10. The highest BCUT2D eigenvalue weighted by Crippen LogP contribution is 2.23. The lowest BCUT2D eigenvalue weighted by Crippen LogP contribution is -2.33. The van der Waals surface area contributed by atoms with Crippen LogP contribution < -0.4 is 5.32 Å². The van der Waals surface area contributed by atoms with E-state index in [1.807, 2.05) is 12.1 Å². The molecule has 0 saturated heterocycles. The van der Waals surface area contributed by atoms with Crippen molar-refractivity contribution in [3.8, 4) is 0 Å². The van der Waals surface area contributed by atoms with Crippen molar-refractivity contribution in [3.63, 3.8) is 0 Å². The highest BCUT2D eigenvalue weighted by Gasteiger charge is 2.12. The summed E-state index contributed by atoms with van der Waals surface area (Å²) in [5.41, 5.74) is 0. The van der Waals surface area contributed by atoms with E-state index in [0.717, 1.165) is 23.2 Å². The second-order valence-corrected chi connectivity index (χ2v) is 9.11. The Kier molecular flexibility index (Phi) is 8.17. The summed E-state index contributed by atoms with van der Waals surface area (Å²) in [5.74, 6) is 1.12. The molecule has 1 N–H and O–H groups in total. The molecule has 0 fully saturated rings. The number of benzene rings is 1. The molecule has 0 aromatic heterocycles. The van der Waals surface area contributed by atoms with Gasteiger partial charge in [-0.15, -0.1) is 11.8 Å². The maximum atomic E-state index is 11.3. The van der Waals surface area contributed by atoms with Crippen molar-refractivity contribution in [2.75, 3.05) is 24.3 Å². The van der Waals surface area contributed by atoms with E-state index in [0.29, 0.717) is 6.42 Å². The van der Waals surface area contributed by atoms with Gasteiger partial charge in [-0.05, 0) is 37.6 Å². The summed E-state index contributed by atoms with van der Waals surface area (Å²) in [4.78, 5) is 1.20. The molecule has 0 aliphatic heterocycles. The Hall–Kier alpha value is -0.0400. The third-order valence-electron chi connectivity index (χ3n) is 2.77. The first kappa shape index (κ1) is 18.0. The lowest BCUT2D eigenvalue weighted by Gasteiger charge is -2.17. The summed E-state index contributed by atoms with van der Waals surface area (Å²) >= 11 is 5.22. The van der Waals surface area contributed by atoms with E-state index in [4.69, 9.17) is 0 Å². The molecule has 0 bridgehead atoms. The van der Waals surface area contributed by atoms with E-state index in [9.17, 15) is 8.42 Å². The van der Waals surface area contributed by atoms with Crippen molar-refractivity contribution in [3.05, 3.63) is 28.7 Å². The predicted octanol–water partition coefficient (Wildman–Crippen LogP) is 3.34. The van der Waals surface area contributed by atoms with Crippen LogP contribution in [0.4, 0.5) is 0 Å². The Morgan fingerprint density at radius 1 is 1.40 bits per heavy atom. The summed E-state index contributed by atoms with van der Waals surface area (Å²) in [5, 5.41) is 3.43. The van der Waals surface area contributed by atoms with Gasteiger partial charge in [-0.25, -0.2) is 8.42 Å². The lowest BCUT2D eigenvalue weighted by molar-refractivity contribution is 0.532. The molecule has 0 aliphatic rings. The molecule has 0 heterocycles. The van der Waals surface area contributed by atoms with Gasteiger partial charge in [0, 0.05) is 27.4 Å². The summed E-state index contributed by atoms with van der Waals surface area (Å²) in [6.45, 7) is 3.04. The normalized spacial score (nSPS) is 13.3. The van der Waals surface area contributed by atoms with Crippen molar-refractivity contribution in [1.82, 2.24) is 5.32 Å². The molecular formula is C14H22BrNO2S2. The van der Waals surface area contributed by atoms with Crippen molar-refractivity contribution >= 4 is 37.5 Å². The van der Waals surface area contributed by atoms with Gasteiger partial charge < -0.3 is 5.32 Å². The van der Waals surface area contributed by atoms with Crippen LogP contribution in [0.2, 0.25) is 0 Å². The van der Waals surface area contributed by atoms with Crippen molar-refractivity contribution < 1.29 is 8.42 Å². The zero-order valence-corrected chi connectivity index (χ0v) is 15.2. The van der Waals surface area contributed by atoms with Crippen molar-refractivity contribution in [2.24, 2.45) is 0 Å². The lowest BCUT2D eigenvalue weighted by atomic mass is 10.2. The Balaban J connectivity index is 2.51. The number of hydrogen-bond acceptors (Lipinski definition) is 4. The molecule has 3 nitrogen and oxygen atoms in total. The third-order valence-corrected chi connectivity index (χ3v) is 5.39. The Morgan fingerprint density at radius 2 is 2.15 bits per heavy atom. The number of hydrogen-bond donors (Lipinski definition) is 1. The Labute approximate surface area is 135 Å². The molecule has 114 valence electrons. The summed E-state index contributed by atoms with van der Waals surface area (Å²) in [6, 6.07) is 8.40. The number of thioether (sulfide) groups is 1. The van der Waals surface area contributed by atoms with Gasteiger partial charge in [0.15, 0.2) is 0 Å². The van der Waals surface area contributed by atoms with Crippen LogP contribution in [0.5, 0.6) is 0 Å². The molecule has 6 heteroatoms. The molecule has 0 aliphatic carbocycles. The minimum atomic E-state index is -2.89. The topological polar surface area (TPSA) is 46.2 Å². The second kappa shape index (κ2) is 9.07. The molecular weight excluding hydrogens is 358 g/mol. The van der Waals surface area contributed by atoms with Gasteiger partial charge in [-0.1, -0.05) is 28.9 Å². The smallest absolute Gasteiger partial charge is 0.147 e. The highest BCUT2D eigenvalue weighted by atomic mass is 79.9. The fraction of sp³-hybridized carbons (Fsp3) is 0.571. The quantitative estimate of drug-likeness (QED) is 0.668. The first-order valence-corrected chi connectivity index (χ1v) is 10.5. The van der Waals surface area contributed by atoms with E-state index in [-0.39, 0.29) is 11.8 Å². The fourth-order valence-electron chi connectivity index (χ4n) is 1.70. The largest absolute Gasteiger partial charge is 0.313 e. The van der Waals surface area contributed by atoms with Crippen LogP contribution in [-0.2, 0) is 9.84 Å². The molecule has 0 radical (unpaired) electrons. The van der Waals surface area contributed by atoms with E-state index in [2.05, 4.69) is 40.3 Å². The zero-order chi connectivity index (χ0) is 15.0. The first-order chi connectivity index (χ1) is 9.40. The summed E-state index contributed by atoms with van der Waals surface area (Å²) < 4.78 is 23.6. The zero-order valence-electron chi connectivity index (χ0n) is 11.9. The molecule has 0 saturated carbocycles. The van der Waals surface area contributed by atoms with Crippen molar-refractivity contribution in [1.29, 1.82) is 0 Å². The molecule has 1 aromatic rings. The van der Waals surface area contributed by atoms with Crippen LogP contribution in [0.25, 0.3) is 0 Å². The first-order valence-electron chi connectivity index (χ1n) is 6.70. The summed E-state index contributed by atoms with van der Waals surface area (Å²) in [6.07, 6.45) is 3.02. The third kappa shape index (κ3) is 8.29. The van der Waals surface area contributed by atoms with Crippen molar-refractivity contribution in [2.45, 2.75) is 30.7 Å². The van der Waals surface area contributed by atoms with E-state index >= 15 is 0 Å². The number of nitrogens with one attached hydrogen (secondary N) is 1. The Bertz CT molecular complexity index is 506. The monoisotopic (exact) mass is 379 g/mol. The maximum Gasteiger partial charge on any atom is 0.147 e. The minimum absolute atomic E-state index is 0.230. The average molecular weight is 380 g/mol. The van der Waals surface area contributed by atoms with Crippen LogP contribution in [0, 0.1) is 0 Å². The van der Waals surface area contributed by atoms with Gasteiger partial charge in [0.05, 0.1) is 5.75 Å².